The third kappa shape index (κ3) is 3.29. The van der Waals surface area contributed by atoms with Crippen LogP contribution in [0.25, 0.3) is 0 Å². The second kappa shape index (κ2) is 7.73. The van der Waals surface area contributed by atoms with E-state index in [1.165, 1.54) is 61.3 Å². The topological polar surface area (TPSA) is 3.24 Å². The van der Waals surface area contributed by atoms with E-state index in [4.69, 9.17) is 0 Å². The van der Waals surface area contributed by atoms with Crippen molar-refractivity contribution < 1.29 is 0 Å². The molecule has 0 spiro atoms. The van der Waals surface area contributed by atoms with Crippen LogP contribution in [0, 0.1) is 20.8 Å². The summed E-state index contributed by atoms with van der Waals surface area (Å²) in [4.78, 5) is 2.50. The van der Waals surface area contributed by atoms with Crippen LogP contribution in [0.4, 0.5) is 17.1 Å². The van der Waals surface area contributed by atoms with Crippen molar-refractivity contribution in [2.75, 3.05) is 4.90 Å². The van der Waals surface area contributed by atoms with Crippen LogP contribution >= 0.6 is 0 Å². The van der Waals surface area contributed by atoms with E-state index in [1.54, 1.807) is 5.19 Å². The third-order valence-corrected chi connectivity index (χ3v) is 10.6. The van der Waals surface area contributed by atoms with Gasteiger partial charge in [0.25, 0.3) is 0 Å². The van der Waals surface area contributed by atoms with E-state index in [1.807, 2.05) is 0 Å². The van der Waals surface area contributed by atoms with E-state index in [-0.39, 0.29) is 12.1 Å². The van der Waals surface area contributed by atoms with Gasteiger partial charge in [0.1, 0.15) is 0 Å². The number of benzene rings is 4. The Bertz CT molecular complexity index is 1530. The Morgan fingerprint density at radius 2 is 1.36 bits per heavy atom. The molecule has 4 aromatic rings. The summed E-state index contributed by atoms with van der Waals surface area (Å²) >= 11 is 0. The number of fused-ring (bicyclic) bond motifs is 4. The predicted molar refractivity (Wildman–Crippen MR) is 162 cm³/mol. The van der Waals surface area contributed by atoms with E-state index in [9.17, 15) is 0 Å². The lowest BCUT2D eigenvalue weighted by molar-refractivity contribution is 0.641. The SMILES string of the molecule is Cc1ccc(N2c3ccc(C)cc3B3c4ccc([Si](C)(C)C)cc4C(C)(C)c4c(C)ccc2c43)cc1. The number of nitrogens with zero attached hydrogens (tertiary/aromatic N) is 1. The number of hydrogen-bond acceptors (Lipinski definition) is 1. The first-order valence-electron chi connectivity index (χ1n) is 13.2. The van der Waals surface area contributed by atoms with Crippen LogP contribution < -0.4 is 26.5 Å². The Balaban J connectivity index is 1.72. The van der Waals surface area contributed by atoms with Crippen molar-refractivity contribution in [3.63, 3.8) is 0 Å². The molecular weight excluding hydrogens is 449 g/mol. The Kier molecular flexibility index (Phi) is 5.02. The van der Waals surface area contributed by atoms with Gasteiger partial charge in [0, 0.05) is 22.5 Å². The maximum atomic E-state index is 2.57. The molecule has 1 nitrogen and oxygen atoms in total. The van der Waals surface area contributed by atoms with Crippen molar-refractivity contribution in [2.45, 2.75) is 59.7 Å². The van der Waals surface area contributed by atoms with Gasteiger partial charge in [0.05, 0.1) is 8.07 Å². The first-order valence-corrected chi connectivity index (χ1v) is 16.7. The van der Waals surface area contributed by atoms with Crippen LogP contribution in [0.5, 0.6) is 0 Å². The van der Waals surface area contributed by atoms with Crippen molar-refractivity contribution in [2.24, 2.45) is 0 Å². The molecule has 0 aromatic heterocycles. The molecule has 0 bridgehead atoms. The Labute approximate surface area is 218 Å². The third-order valence-electron chi connectivity index (χ3n) is 8.52. The molecule has 2 heterocycles. The molecule has 0 unspecified atom stereocenters. The van der Waals surface area contributed by atoms with Gasteiger partial charge in [-0.2, -0.15) is 0 Å². The quantitative estimate of drug-likeness (QED) is 0.273. The fourth-order valence-electron chi connectivity index (χ4n) is 6.67. The van der Waals surface area contributed by atoms with Crippen LogP contribution in [-0.2, 0) is 5.41 Å². The van der Waals surface area contributed by atoms with Gasteiger partial charge >= 0.3 is 0 Å². The van der Waals surface area contributed by atoms with Crippen LogP contribution in [-0.4, -0.2) is 14.8 Å². The molecule has 2 aliphatic rings. The van der Waals surface area contributed by atoms with Crippen molar-refractivity contribution in [3.8, 4) is 0 Å². The van der Waals surface area contributed by atoms with Crippen molar-refractivity contribution >= 4 is 53.4 Å². The summed E-state index contributed by atoms with van der Waals surface area (Å²) in [7, 11) is -1.44. The zero-order valence-corrected chi connectivity index (χ0v) is 24.0. The molecule has 4 aromatic carbocycles. The molecule has 0 aliphatic carbocycles. The molecule has 180 valence electrons. The van der Waals surface area contributed by atoms with Gasteiger partial charge in [-0.25, -0.2) is 0 Å². The predicted octanol–water partition coefficient (Wildman–Crippen LogP) is 6.10. The number of aryl methyl sites for hydroxylation is 3. The highest BCUT2D eigenvalue weighted by Crippen LogP contribution is 2.43. The fourth-order valence-corrected chi connectivity index (χ4v) is 7.83. The van der Waals surface area contributed by atoms with Gasteiger partial charge in [-0.3, -0.25) is 0 Å². The van der Waals surface area contributed by atoms with Crippen LogP contribution in [0.15, 0.2) is 72.8 Å². The highest BCUT2D eigenvalue weighted by molar-refractivity contribution is 6.99. The molecule has 0 radical (unpaired) electrons. The molecule has 0 atom stereocenters. The first kappa shape index (κ1) is 23.4. The van der Waals surface area contributed by atoms with Crippen molar-refractivity contribution in [3.05, 3.63) is 101 Å². The summed E-state index contributed by atoms with van der Waals surface area (Å²) < 4.78 is 0. The lowest BCUT2D eigenvalue weighted by Crippen LogP contribution is -2.64. The first-order chi connectivity index (χ1) is 17.0. The summed E-state index contributed by atoms with van der Waals surface area (Å²) in [5, 5.41) is 1.55. The van der Waals surface area contributed by atoms with E-state index in [0.29, 0.717) is 0 Å². The zero-order chi connectivity index (χ0) is 25.6. The lowest BCUT2D eigenvalue weighted by atomic mass is 9.30. The normalized spacial score (nSPS) is 15.3. The molecular formula is C33H36BNSi. The standard InChI is InChI=1S/C33H36BNSi/c1-21-9-13-24(14-10-21)35-29-17-11-22(2)19-28(29)34-27-16-15-25(36(6,7)8)20-26(27)33(4,5)31-23(3)12-18-30(35)32(31)34/h9-20H,1-8H3. The molecule has 0 saturated carbocycles. The Morgan fingerprint density at radius 1 is 0.694 bits per heavy atom. The van der Waals surface area contributed by atoms with Gasteiger partial charge < -0.3 is 4.90 Å². The van der Waals surface area contributed by atoms with Crippen molar-refractivity contribution in [1.29, 1.82) is 0 Å². The highest BCUT2D eigenvalue weighted by atomic mass is 28.3. The molecule has 2 aliphatic heterocycles. The summed E-state index contributed by atoms with van der Waals surface area (Å²) in [5.74, 6) is 0. The zero-order valence-electron chi connectivity index (χ0n) is 23.0. The van der Waals surface area contributed by atoms with Crippen LogP contribution in [0.3, 0.4) is 0 Å². The van der Waals surface area contributed by atoms with Crippen molar-refractivity contribution in [1.82, 2.24) is 0 Å². The summed E-state index contributed by atoms with van der Waals surface area (Å²) in [6, 6.07) is 28.2. The molecule has 0 amide bonds. The van der Waals surface area contributed by atoms with E-state index < -0.39 is 8.07 Å². The second-order valence-corrected chi connectivity index (χ2v) is 17.6. The molecule has 0 fully saturated rings. The second-order valence-electron chi connectivity index (χ2n) is 12.5. The van der Waals surface area contributed by atoms with Gasteiger partial charge in [-0.15, -0.1) is 0 Å². The largest absolute Gasteiger partial charge is 0.312 e. The minimum absolute atomic E-state index is 0.0583. The van der Waals surface area contributed by atoms with Gasteiger partial charge in [0.2, 0.25) is 6.71 Å². The van der Waals surface area contributed by atoms with E-state index in [0.717, 1.165) is 0 Å². The fraction of sp³-hybridized carbons (Fsp3) is 0.273. The molecule has 0 saturated heterocycles. The minimum atomic E-state index is -1.44. The number of anilines is 3. The van der Waals surface area contributed by atoms with Gasteiger partial charge in [-0.05, 0) is 72.7 Å². The summed E-state index contributed by atoms with van der Waals surface area (Å²) in [6.45, 7) is 19.2. The molecule has 6 rings (SSSR count). The van der Waals surface area contributed by atoms with Gasteiger partial charge in [-0.1, -0.05) is 104 Å². The average molecular weight is 486 g/mol. The average Bonchev–Trinajstić information content (AvgIpc) is 2.82. The minimum Gasteiger partial charge on any atom is -0.312 e. The highest BCUT2D eigenvalue weighted by Gasteiger charge is 2.46. The Morgan fingerprint density at radius 3 is 2.06 bits per heavy atom. The molecule has 3 heteroatoms. The lowest BCUT2D eigenvalue weighted by Gasteiger charge is -2.46. The monoisotopic (exact) mass is 485 g/mol. The Hall–Kier alpha value is -3.04. The number of rotatable bonds is 2. The molecule has 0 N–H and O–H groups in total. The maximum Gasteiger partial charge on any atom is 0.247 e. The molecule has 36 heavy (non-hydrogen) atoms. The van der Waals surface area contributed by atoms with E-state index in [2.05, 4.69) is 132 Å². The summed E-state index contributed by atoms with van der Waals surface area (Å²) in [6.07, 6.45) is 0. The summed E-state index contributed by atoms with van der Waals surface area (Å²) in [5.41, 5.74) is 15.2. The maximum absolute atomic E-state index is 2.57. The number of hydrogen-bond donors (Lipinski definition) is 0. The van der Waals surface area contributed by atoms with E-state index >= 15 is 0 Å². The van der Waals surface area contributed by atoms with Gasteiger partial charge in [0.15, 0.2) is 0 Å². The van der Waals surface area contributed by atoms with Crippen LogP contribution in [0.2, 0.25) is 19.6 Å². The van der Waals surface area contributed by atoms with Crippen LogP contribution in [0.1, 0.15) is 41.7 Å². The smallest absolute Gasteiger partial charge is 0.247 e.